The van der Waals surface area contributed by atoms with Crippen LogP contribution >= 0.6 is 11.6 Å². The van der Waals surface area contributed by atoms with Crippen molar-refractivity contribution in [2.45, 2.75) is 38.6 Å². The predicted molar refractivity (Wildman–Crippen MR) is 57.3 cm³/mol. The lowest BCUT2D eigenvalue weighted by atomic mass is 10.0. The predicted octanol–water partition coefficient (Wildman–Crippen LogP) is 2.26. The molecule has 0 radical (unpaired) electrons. The zero-order valence-corrected chi connectivity index (χ0v) is 9.46. The average Bonchev–Trinajstić information content (AvgIpc) is 2.94. The number of alkyl halides is 1. The van der Waals surface area contributed by atoms with Gasteiger partial charge in [-0.25, -0.2) is 0 Å². The van der Waals surface area contributed by atoms with Gasteiger partial charge in [0.1, 0.15) is 0 Å². The van der Waals surface area contributed by atoms with Crippen molar-refractivity contribution < 1.29 is 4.79 Å². The molecule has 1 heterocycles. The van der Waals surface area contributed by atoms with Gasteiger partial charge in [-0.1, -0.05) is 6.92 Å². The molecule has 14 heavy (non-hydrogen) atoms. The molecule has 2 rings (SSSR count). The van der Waals surface area contributed by atoms with E-state index in [2.05, 4.69) is 6.92 Å². The fourth-order valence-electron chi connectivity index (χ4n) is 2.33. The molecule has 80 valence electrons. The molecule has 0 aromatic heterocycles. The lowest BCUT2D eigenvalue weighted by Crippen LogP contribution is -2.45. The van der Waals surface area contributed by atoms with Crippen molar-refractivity contribution >= 4 is 17.5 Å². The van der Waals surface area contributed by atoms with Crippen LogP contribution in [0, 0.1) is 11.8 Å². The van der Waals surface area contributed by atoms with Crippen LogP contribution in [0.1, 0.15) is 32.6 Å². The summed E-state index contributed by atoms with van der Waals surface area (Å²) in [6.07, 6.45) is 4.56. The minimum Gasteiger partial charge on any atom is -0.338 e. The third kappa shape index (κ3) is 1.90. The van der Waals surface area contributed by atoms with Crippen LogP contribution in [0.2, 0.25) is 0 Å². The van der Waals surface area contributed by atoms with Crippen LogP contribution in [0.15, 0.2) is 0 Å². The number of halogens is 1. The summed E-state index contributed by atoms with van der Waals surface area (Å²) in [6.45, 7) is 3.08. The van der Waals surface area contributed by atoms with E-state index in [0.717, 1.165) is 25.8 Å². The van der Waals surface area contributed by atoms with Crippen molar-refractivity contribution in [3.8, 4) is 0 Å². The maximum atomic E-state index is 12.0. The van der Waals surface area contributed by atoms with Gasteiger partial charge in [0.25, 0.3) is 0 Å². The first-order valence-corrected chi connectivity index (χ1v) is 6.14. The van der Waals surface area contributed by atoms with E-state index < -0.39 is 0 Å². The van der Waals surface area contributed by atoms with Crippen LogP contribution in [-0.4, -0.2) is 29.3 Å². The maximum Gasteiger partial charge on any atom is 0.226 e. The van der Waals surface area contributed by atoms with Crippen molar-refractivity contribution in [2.75, 3.05) is 12.4 Å². The number of carbonyl (C=O) groups is 1. The Morgan fingerprint density at radius 1 is 1.50 bits per heavy atom. The largest absolute Gasteiger partial charge is 0.338 e. The van der Waals surface area contributed by atoms with Crippen LogP contribution in [-0.2, 0) is 4.79 Å². The number of amides is 1. The summed E-state index contributed by atoms with van der Waals surface area (Å²) in [6, 6.07) is 0.311. The Bertz CT molecular complexity index is 231. The summed E-state index contributed by atoms with van der Waals surface area (Å²) < 4.78 is 0. The van der Waals surface area contributed by atoms with E-state index in [9.17, 15) is 4.79 Å². The number of hydrogen-bond donors (Lipinski definition) is 0. The zero-order chi connectivity index (χ0) is 10.1. The second-order valence-electron chi connectivity index (χ2n) is 4.66. The number of nitrogens with zero attached hydrogens (tertiary/aromatic N) is 1. The molecule has 2 aliphatic rings. The Kier molecular flexibility index (Phi) is 3.01. The van der Waals surface area contributed by atoms with Gasteiger partial charge in [-0.2, -0.15) is 0 Å². The average molecular weight is 216 g/mol. The number of carbonyl (C=O) groups excluding carboxylic acids is 1. The van der Waals surface area contributed by atoms with Crippen molar-refractivity contribution in [2.24, 2.45) is 11.8 Å². The Balaban J connectivity index is 1.96. The maximum absolute atomic E-state index is 12.0. The van der Waals surface area contributed by atoms with E-state index in [1.54, 1.807) is 0 Å². The molecular formula is C11H18ClNO. The third-order valence-corrected chi connectivity index (χ3v) is 3.87. The van der Waals surface area contributed by atoms with Gasteiger partial charge in [0.15, 0.2) is 0 Å². The summed E-state index contributed by atoms with van der Waals surface area (Å²) in [4.78, 5) is 14.0. The molecule has 2 nitrogen and oxygen atoms in total. The molecule has 0 aromatic carbocycles. The van der Waals surface area contributed by atoms with E-state index in [1.165, 1.54) is 6.42 Å². The van der Waals surface area contributed by atoms with Crippen molar-refractivity contribution in [1.82, 2.24) is 4.90 Å². The van der Waals surface area contributed by atoms with Gasteiger partial charge >= 0.3 is 0 Å². The minimum absolute atomic E-state index is 0.311. The SMILES string of the molecule is CC1CC1C(=O)N1CCCCC1CCl. The number of likely N-dealkylation sites (tertiary alicyclic amines) is 1. The molecule has 3 atom stereocenters. The second kappa shape index (κ2) is 4.09. The lowest BCUT2D eigenvalue weighted by Gasteiger charge is -2.34. The van der Waals surface area contributed by atoms with Crippen molar-refractivity contribution in [3.63, 3.8) is 0 Å². The van der Waals surface area contributed by atoms with Gasteiger partial charge in [-0.15, -0.1) is 11.6 Å². The van der Waals surface area contributed by atoms with E-state index in [0.29, 0.717) is 29.7 Å². The quantitative estimate of drug-likeness (QED) is 0.648. The van der Waals surface area contributed by atoms with Crippen LogP contribution < -0.4 is 0 Å². The number of piperidine rings is 1. The van der Waals surface area contributed by atoms with Crippen molar-refractivity contribution in [1.29, 1.82) is 0 Å². The van der Waals surface area contributed by atoms with Gasteiger partial charge in [0.05, 0.1) is 0 Å². The number of rotatable bonds is 2. The monoisotopic (exact) mass is 215 g/mol. The Morgan fingerprint density at radius 2 is 2.21 bits per heavy atom. The molecule has 3 heteroatoms. The van der Waals surface area contributed by atoms with E-state index in [4.69, 9.17) is 11.6 Å². The highest BCUT2D eigenvalue weighted by molar-refractivity contribution is 6.18. The molecule has 1 aliphatic heterocycles. The van der Waals surface area contributed by atoms with Crippen LogP contribution in [0.25, 0.3) is 0 Å². The summed E-state index contributed by atoms with van der Waals surface area (Å²) in [5.41, 5.74) is 0. The summed E-state index contributed by atoms with van der Waals surface area (Å²) in [5, 5.41) is 0. The Labute approximate surface area is 90.6 Å². The van der Waals surface area contributed by atoms with Crippen LogP contribution in [0.5, 0.6) is 0 Å². The highest BCUT2D eigenvalue weighted by Gasteiger charge is 2.43. The first-order valence-electron chi connectivity index (χ1n) is 5.60. The van der Waals surface area contributed by atoms with Gasteiger partial charge in [-0.05, 0) is 31.6 Å². The van der Waals surface area contributed by atoms with E-state index in [1.807, 2.05) is 4.90 Å². The highest BCUT2D eigenvalue weighted by atomic mass is 35.5. The Morgan fingerprint density at radius 3 is 2.79 bits per heavy atom. The summed E-state index contributed by atoms with van der Waals surface area (Å²) in [5.74, 6) is 1.90. The van der Waals surface area contributed by atoms with E-state index in [-0.39, 0.29) is 0 Å². The van der Waals surface area contributed by atoms with Gasteiger partial charge < -0.3 is 4.90 Å². The molecule has 2 fully saturated rings. The Hall–Kier alpha value is -0.240. The lowest BCUT2D eigenvalue weighted by molar-refractivity contribution is -0.136. The van der Waals surface area contributed by atoms with Crippen molar-refractivity contribution in [3.05, 3.63) is 0 Å². The minimum atomic E-state index is 0.311. The van der Waals surface area contributed by atoms with Crippen LogP contribution in [0.3, 0.4) is 0 Å². The second-order valence-corrected chi connectivity index (χ2v) is 4.96. The van der Waals surface area contributed by atoms with Gasteiger partial charge in [0, 0.05) is 24.4 Å². The summed E-state index contributed by atoms with van der Waals surface area (Å²) in [7, 11) is 0. The molecule has 1 saturated heterocycles. The standard InChI is InChI=1S/C11H18ClNO/c1-8-6-10(8)11(14)13-5-3-2-4-9(13)7-12/h8-10H,2-7H2,1H3. The number of hydrogen-bond acceptors (Lipinski definition) is 1. The van der Waals surface area contributed by atoms with Crippen LogP contribution in [0.4, 0.5) is 0 Å². The molecule has 0 N–H and O–H groups in total. The molecule has 1 aliphatic carbocycles. The smallest absolute Gasteiger partial charge is 0.226 e. The normalized spacial score (nSPS) is 37.0. The molecular weight excluding hydrogens is 198 g/mol. The molecule has 1 amide bonds. The fraction of sp³-hybridized carbons (Fsp3) is 0.909. The zero-order valence-electron chi connectivity index (χ0n) is 8.71. The fourth-order valence-corrected chi connectivity index (χ4v) is 2.65. The van der Waals surface area contributed by atoms with Gasteiger partial charge in [-0.3, -0.25) is 4.79 Å². The molecule has 3 unspecified atom stereocenters. The third-order valence-electron chi connectivity index (χ3n) is 3.52. The van der Waals surface area contributed by atoms with E-state index >= 15 is 0 Å². The molecule has 1 saturated carbocycles. The topological polar surface area (TPSA) is 20.3 Å². The molecule has 0 aromatic rings. The first kappa shape index (κ1) is 10.3. The first-order chi connectivity index (χ1) is 6.74. The molecule has 0 spiro atoms. The highest BCUT2D eigenvalue weighted by Crippen LogP contribution is 2.40. The van der Waals surface area contributed by atoms with Gasteiger partial charge in [0.2, 0.25) is 5.91 Å². The summed E-state index contributed by atoms with van der Waals surface area (Å²) >= 11 is 5.89. The molecule has 0 bridgehead atoms.